The zero-order chi connectivity index (χ0) is 15.3. The lowest BCUT2D eigenvalue weighted by Crippen LogP contribution is -2.55. The van der Waals surface area contributed by atoms with Crippen LogP contribution in [-0.2, 0) is 11.2 Å². The van der Waals surface area contributed by atoms with Crippen LogP contribution in [0.5, 0.6) is 5.75 Å². The van der Waals surface area contributed by atoms with Crippen LogP contribution in [0.15, 0.2) is 24.3 Å². The summed E-state index contributed by atoms with van der Waals surface area (Å²) in [5, 5.41) is 21.5. The minimum absolute atomic E-state index is 0.0701. The second kappa shape index (κ2) is 6.91. The lowest BCUT2D eigenvalue weighted by atomic mass is 9.80. The predicted molar refractivity (Wildman–Crippen MR) is 79.5 cm³/mol. The summed E-state index contributed by atoms with van der Waals surface area (Å²) in [6.45, 7) is 0.0701. The Morgan fingerprint density at radius 2 is 2.24 bits per heavy atom. The molecule has 3 N–H and O–H groups in total. The first kappa shape index (κ1) is 15.8. The lowest BCUT2D eigenvalue weighted by molar-refractivity contribution is -0.147. The van der Waals surface area contributed by atoms with Crippen molar-refractivity contribution >= 4 is 5.97 Å². The van der Waals surface area contributed by atoms with Gasteiger partial charge < -0.3 is 20.3 Å². The molecule has 116 valence electrons. The number of para-hydroxylation sites is 1. The first-order chi connectivity index (χ1) is 10.1. The average molecular weight is 293 g/mol. The van der Waals surface area contributed by atoms with Crippen molar-refractivity contribution in [2.45, 2.75) is 43.7 Å². The van der Waals surface area contributed by atoms with E-state index < -0.39 is 11.5 Å². The van der Waals surface area contributed by atoms with Crippen molar-refractivity contribution < 1.29 is 19.7 Å². The summed E-state index contributed by atoms with van der Waals surface area (Å²) in [5.41, 5.74) is 0.0606. The molecule has 0 bridgehead atoms. The molecule has 0 saturated heterocycles. The zero-order valence-electron chi connectivity index (χ0n) is 12.3. The third-order valence-electron chi connectivity index (χ3n) is 4.24. The van der Waals surface area contributed by atoms with Gasteiger partial charge in [0.2, 0.25) is 0 Å². The minimum Gasteiger partial charge on any atom is -0.490 e. The molecule has 5 heteroatoms. The molecule has 1 saturated carbocycles. The van der Waals surface area contributed by atoms with Crippen LogP contribution < -0.4 is 10.1 Å². The Balaban J connectivity index is 2.11. The topological polar surface area (TPSA) is 78.8 Å². The number of benzene rings is 1. The summed E-state index contributed by atoms with van der Waals surface area (Å²) in [6, 6.07) is 7.60. The first-order valence-electron chi connectivity index (χ1n) is 7.39. The number of rotatable bonds is 6. The third-order valence-corrected chi connectivity index (χ3v) is 4.24. The van der Waals surface area contributed by atoms with E-state index in [4.69, 9.17) is 9.84 Å². The number of aliphatic hydroxyl groups excluding tert-OH is 1. The van der Waals surface area contributed by atoms with E-state index in [1.807, 2.05) is 24.3 Å². The van der Waals surface area contributed by atoms with Gasteiger partial charge in [-0.25, -0.2) is 0 Å². The van der Waals surface area contributed by atoms with E-state index in [2.05, 4.69) is 5.32 Å². The number of likely N-dealkylation sites (N-methyl/N-ethyl adjacent to an activating group) is 1. The number of ether oxygens (including phenoxy) is 1. The lowest BCUT2D eigenvalue weighted by Gasteiger charge is -2.37. The van der Waals surface area contributed by atoms with Crippen LogP contribution in [0.3, 0.4) is 0 Å². The molecule has 0 heterocycles. The molecule has 0 spiro atoms. The Morgan fingerprint density at radius 3 is 2.90 bits per heavy atom. The summed E-state index contributed by atoms with van der Waals surface area (Å²) in [7, 11) is 1.69. The number of nitrogens with one attached hydrogen (secondary N) is 1. The van der Waals surface area contributed by atoms with Gasteiger partial charge in [-0.2, -0.15) is 0 Å². The fraction of sp³-hybridized carbons (Fsp3) is 0.562. The van der Waals surface area contributed by atoms with E-state index in [0.29, 0.717) is 19.3 Å². The van der Waals surface area contributed by atoms with E-state index in [-0.39, 0.29) is 12.7 Å². The molecule has 1 fully saturated rings. The van der Waals surface area contributed by atoms with Crippen molar-refractivity contribution in [3.05, 3.63) is 29.8 Å². The molecular weight excluding hydrogens is 270 g/mol. The van der Waals surface area contributed by atoms with Gasteiger partial charge in [0.25, 0.3) is 0 Å². The van der Waals surface area contributed by atoms with Crippen molar-refractivity contribution in [1.82, 2.24) is 5.32 Å². The Hall–Kier alpha value is -1.59. The number of hydrogen-bond donors (Lipinski definition) is 3. The van der Waals surface area contributed by atoms with Crippen LogP contribution in [0.4, 0.5) is 0 Å². The Labute approximate surface area is 124 Å². The fourth-order valence-corrected chi connectivity index (χ4v) is 2.98. The van der Waals surface area contributed by atoms with E-state index >= 15 is 0 Å². The summed E-state index contributed by atoms with van der Waals surface area (Å²) in [5.74, 6) is -0.0733. The third kappa shape index (κ3) is 3.54. The summed E-state index contributed by atoms with van der Waals surface area (Å²) < 4.78 is 6.03. The molecule has 5 nitrogen and oxygen atoms in total. The molecule has 1 aliphatic rings. The normalized spacial score (nSPS) is 25.5. The Morgan fingerprint density at radius 1 is 1.48 bits per heavy atom. The number of hydrogen-bond acceptors (Lipinski definition) is 4. The van der Waals surface area contributed by atoms with E-state index in [1.165, 1.54) is 0 Å². The molecule has 2 unspecified atom stereocenters. The smallest absolute Gasteiger partial charge is 0.324 e. The highest BCUT2D eigenvalue weighted by Crippen LogP contribution is 2.32. The average Bonchev–Trinajstić information content (AvgIpc) is 2.49. The highest BCUT2D eigenvalue weighted by molar-refractivity contribution is 5.79. The van der Waals surface area contributed by atoms with Gasteiger partial charge in [0.1, 0.15) is 17.4 Å². The maximum atomic E-state index is 11.5. The highest BCUT2D eigenvalue weighted by Gasteiger charge is 2.42. The van der Waals surface area contributed by atoms with Crippen LogP contribution >= 0.6 is 0 Å². The van der Waals surface area contributed by atoms with Gasteiger partial charge >= 0.3 is 5.97 Å². The van der Waals surface area contributed by atoms with Crippen LogP contribution in [0, 0.1) is 0 Å². The van der Waals surface area contributed by atoms with Crippen LogP contribution in [0.1, 0.15) is 31.2 Å². The van der Waals surface area contributed by atoms with Crippen molar-refractivity contribution in [1.29, 1.82) is 0 Å². The van der Waals surface area contributed by atoms with E-state index in [1.54, 1.807) is 7.05 Å². The molecule has 0 amide bonds. The van der Waals surface area contributed by atoms with Crippen LogP contribution in [0.25, 0.3) is 0 Å². The molecule has 1 aliphatic carbocycles. The van der Waals surface area contributed by atoms with E-state index in [9.17, 15) is 9.90 Å². The van der Waals surface area contributed by atoms with Gasteiger partial charge in [0.15, 0.2) is 0 Å². The quantitative estimate of drug-likeness (QED) is 0.742. The van der Waals surface area contributed by atoms with Gasteiger partial charge in [-0.3, -0.25) is 4.79 Å². The largest absolute Gasteiger partial charge is 0.490 e. The maximum absolute atomic E-state index is 11.5. The molecule has 1 aromatic rings. The van der Waals surface area contributed by atoms with Gasteiger partial charge in [-0.15, -0.1) is 0 Å². The fourth-order valence-electron chi connectivity index (χ4n) is 2.98. The van der Waals surface area contributed by atoms with Crippen LogP contribution in [0.2, 0.25) is 0 Å². The summed E-state index contributed by atoms with van der Waals surface area (Å²) in [6.07, 6.45) is 3.16. The summed E-state index contributed by atoms with van der Waals surface area (Å²) in [4.78, 5) is 11.5. The molecule has 0 aliphatic heterocycles. The van der Waals surface area contributed by atoms with Crippen molar-refractivity contribution in [3.63, 3.8) is 0 Å². The number of aliphatic hydroxyl groups is 1. The van der Waals surface area contributed by atoms with Gasteiger partial charge in [-0.1, -0.05) is 18.2 Å². The summed E-state index contributed by atoms with van der Waals surface area (Å²) >= 11 is 0. The Bertz CT molecular complexity index is 491. The predicted octanol–water partition coefficient (Wildman–Crippen LogP) is 1.59. The highest BCUT2D eigenvalue weighted by atomic mass is 16.5. The van der Waals surface area contributed by atoms with Gasteiger partial charge in [-0.05, 0) is 44.4 Å². The minimum atomic E-state index is -0.894. The molecule has 0 radical (unpaired) electrons. The first-order valence-corrected chi connectivity index (χ1v) is 7.39. The van der Waals surface area contributed by atoms with E-state index in [0.717, 1.165) is 24.2 Å². The number of carboxylic acid groups (broad SMARTS) is 1. The molecule has 1 aromatic carbocycles. The standard InChI is InChI=1S/C16H23NO4/c1-17-16(15(19)20)9-4-6-13(11-16)21-14-7-3-2-5-12(14)8-10-18/h2-3,5,7,13,17-18H,4,6,8-11H2,1H3,(H,19,20). The maximum Gasteiger partial charge on any atom is 0.324 e. The van der Waals surface area contributed by atoms with Gasteiger partial charge in [0.05, 0.1) is 0 Å². The molecule has 21 heavy (non-hydrogen) atoms. The number of aliphatic carboxylic acids is 1. The van der Waals surface area contributed by atoms with Crippen molar-refractivity contribution in [2.75, 3.05) is 13.7 Å². The Kier molecular flexibility index (Phi) is 5.20. The van der Waals surface area contributed by atoms with Gasteiger partial charge in [0, 0.05) is 13.0 Å². The second-order valence-electron chi connectivity index (χ2n) is 5.55. The number of carbonyl (C=O) groups is 1. The van der Waals surface area contributed by atoms with Crippen molar-refractivity contribution in [3.8, 4) is 5.75 Å². The zero-order valence-corrected chi connectivity index (χ0v) is 12.3. The van der Waals surface area contributed by atoms with Crippen molar-refractivity contribution in [2.24, 2.45) is 0 Å². The second-order valence-corrected chi connectivity index (χ2v) is 5.55. The molecule has 0 aromatic heterocycles. The molecular formula is C16H23NO4. The van der Waals surface area contributed by atoms with Crippen LogP contribution in [-0.4, -0.2) is 41.5 Å². The molecule has 2 rings (SSSR count). The number of carboxylic acids is 1. The molecule has 2 atom stereocenters. The monoisotopic (exact) mass is 293 g/mol. The SMILES string of the molecule is CNC1(C(=O)O)CCCC(Oc2ccccc2CCO)C1.